The third kappa shape index (κ3) is 4.96. The maximum atomic E-state index is 6.36. The summed E-state index contributed by atoms with van der Waals surface area (Å²) >= 11 is 1.90. The highest BCUT2D eigenvalue weighted by Crippen LogP contribution is 2.63. The van der Waals surface area contributed by atoms with Crippen LogP contribution in [0.3, 0.4) is 0 Å². The van der Waals surface area contributed by atoms with E-state index < -0.39 is 5.41 Å². The fraction of sp³-hybridized carbons (Fsp3) is 0.0164. The van der Waals surface area contributed by atoms with Gasteiger partial charge in [-0.25, -0.2) is 0 Å². The van der Waals surface area contributed by atoms with Crippen molar-refractivity contribution in [3.8, 4) is 44.5 Å². The first-order valence-corrected chi connectivity index (χ1v) is 22.8. The Balaban J connectivity index is 1.06. The molecule has 0 saturated carbocycles. The number of furan rings is 1. The molecule has 2 aliphatic carbocycles. The van der Waals surface area contributed by atoms with Crippen LogP contribution in [0.15, 0.2) is 229 Å². The smallest absolute Gasteiger partial charge is 0.135 e. The van der Waals surface area contributed by atoms with Gasteiger partial charge in [0.15, 0.2) is 0 Å². The maximum Gasteiger partial charge on any atom is 0.135 e. The number of anilines is 3. The summed E-state index contributed by atoms with van der Waals surface area (Å²) in [6.07, 6.45) is 0. The number of hydrogen-bond acceptors (Lipinski definition) is 3. The molecule has 2 nitrogen and oxygen atoms in total. The Morgan fingerprint density at radius 3 is 1.66 bits per heavy atom. The van der Waals surface area contributed by atoms with E-state index in [2.05, 4.69) is 223 Å². The normalized spacial score (nSPS) is 14.6. The van der Waals surface area contributed by atoms with Crippen LogP contribution in [0.2, 0.25) is 0 Å². The first-order chi connectivity index (χ1) is 31.7. The molecule has 64 heavy (non-hydrogen) atoms. The van der Waals surface area contributed by atoms with Gasteiger partial charge in [-0.1, -0.05) is 158 Å². The molecule has 1 unspecified atom stereocenters. The van der Waals surface area contributed by atoms with E-state index in [1.54, 1.807) is 0 Å². The van der Waals surface area contributed by atoms with Crippen molar-refractivity contribution in [2.75, 3.05) is 4.90 Å². The second-order valence-corrected chi connectivity index (χ2v) is 18.2. The van der Waals surface area contributed by atoms with Crippen LogP contribution in [0.5, 0.6) is 0 Å². The van der Waals surface area contributed by atoms with E-state index in [1.807, 2.05) is 17.4 Å². The summed E-state index contributed by atoms with van der Waals surface area (Å²) in [5.41, 5.74) is 19.6. The van der Waals surface area contributed by atoms with E-state index in [-0.39, 0.29) is 0 Å². The number of para-hydroxylation sites is 1. The van der Waals surface area contributed by atoms with Crippen molar-refractivity contribution in [1.82, 2.24) is 0 Å². The van der Waals surface area contributed by atoms with Gasteiger partial charge < -0.3 is 9.32 Å². The Kier molecular flexibility index (Phi) is 7.51. The fourth-order valence-electron chi connectivity index (χ4n) is 11.2. The van der Waals surface area contributed by atoms with Crippen molar-refractivity contribution in [3.63, 3.8) is 0 Å². The first-order valence-electron chi connectivity index (χ1n) is 22.0. The fourth-order valence-corrected chi connectivity index (χ4v) is 12.3. The van der Waals surface area contributed by atoms with Crippen molar-refractivity contribution in [1.29, 1.82) is 0 Å². The molecule has 14 rings (SSSR count). The third-order valence-corrected chi connectivity index (χ3v) is 15.0. The minimum atomic E-state index is -0.587. The highest BCUT2D eigenvalue weighted by atomic mass is 32.1. The lowest BCUT2D eigenvalue weighted by Gasteiger charge is -2.36. The molecule has 0 amide bonds. The molecule has 0 aliphatic heterocycles. The van der Waals surface area contributed by atoms with Crippen LogP contribution in [-0.2, 0) is 5.41 Å². The zero-order valence-electron chi connectivity index (χ0n) is 34.6. The SMILES string of the molecule is c1ccc(-c2ccc(N(c3ccc4c(c3)-c3ccccc3-c3ccccc3C43c4ccccc4-c4cc5c(cc43)sc3ccccc35)c3ccc4oc5ccccc5c4c3)cc2)cc1. The average molecular weight is 832 g/mol. The number of benzene rings is 10. The predicted molar refractivity (Wildman–Crippen MR) is 268 cm³/mol. The molecule has 0 saturated heterocycles. The Morgan fingerprint density at radius 1 is 0.312 bits per heavy atom. The largest absolute Gasteiger partial charge is 0.456 e. The Labute approximate surface area is 374 Å². The zero-order valence-corrected chi connectivity index (χ0v) is 35.4. The highest BCUT2D eigenvalue weighted by Gasteiger charge is 2.50. The minimum Gasteiger partial charge on any atom is -0.456 e. The van der Waals surface area contributed by atoms with Gasteiger partial charge in [0.05, 0.1) is 5.41 Å². The van der Waals surface area contributed by atoms with Gasteiger partial charge in [-0.3, -0.25) is 0 Å². The van der Waals surface area contributed by atoms with Crippen molar-refractivity contribution >= 4 is 70.5 Å². The third-order valence-electron chi connectivity index (χ3n) is 13.9. The van der Waals surface area contributed by atoms with Crippen LogP contribution in [0.1, 0.15) is 22.3 Å². The first kappa shape index (κ1) is 35.6. The summed E-state index contributed by atoms with van der Waals surface area (Å²) in [4.78, 5) is 2.42. The lowest BCUT2D eigenvalue weighted by Crippen LogP contribution is -2.29. The second kappa shape index (κ2) is 13.5. The van der Waals surface area contributed by atoms with Crippen LogP contribution < -0.4 is 4.90 Å². The van der Waals surface area contributed by atoms with E-state index >= 15 is 0 Å². The minimum absolute atomic E-state index is 0.587. The molecule has 2 aliphatic rings. The van der Waals surface area contributed by atoms with Gasteiger partial charge in [0, 0.05) is 48.0 Å². The number of rotatable bonds is 4. The molecule has 12 aromatic rings. The Bertz CT molecular complexity index is 3860. The summed E-state index contributed by atoms with van der Waals surface area (Å²) in [5.74, 6) is 0. The number of hydrogen-bond donors (Lipinski definition) is 0. The van der Waals surface area contributed by atoms with Gasteiger partial charge in [-0.05, 0) is 133 Å². The lowest BCUT2D eigenvalue weighted by atomic mass is 9.66. The van der Waals surface area contributed by atoms with Crippen LogP contribution >= 0.6 is 11.3 Å². The summed E-state index contributed by atoms with van der Waals surface area (Å²) in [5, 5.41) is 4.85. The average Bonchev–Trinajstić information content (AvgIpc) is 3.99. The Morgan fingerprint density at radius 2 is 0.859 bits per heavy atom. The predicted octanol–water partition coefficient (Wildman–Crippen LogP) is 17.1. The van der Waals surface area contributed by atoms with Crippen molar-refractivity contribution in [2.24, 2.45) is 0 Å². The molecule has 3 heteroatoms. The number of thiophene rings is 1. The quantitative estimate of drug-likeness (QED) is 0.176. The van der Waals surface area contributed by atoms with E-state index in [9.17, 15) is 0 Å². The van der Waals surface area contributed by atoms with E-state index in [0.717, 1.165) is 39.0 Å². The van der Waals surface area contributed by atoms with Crippen LogP contribution in [0.4, 0.5) is 17.1 Å². The van der Waals surface area contributed by atoms with Crippen molar-refractivity contribution in [3.05, 3.63) is 247 Å². The molecule has 10 aromatic carbocycles. The van der Waals surface area contributed by atoms with E-state index in [1.165, 1.54) is 86.9 Å². The zero-order chi connectivity index (χ0) is 41.9. The summed E-state index contributed by atoms with van der Waals surface area (Å²) in [7, 11) is 0. The molecule has 0 bridgehead atoms. The lowest BCUT2D eigenvalue weighted by molar-refractivity contribution is 0.669. The van der Waals surface area contributed by atoms with Gasteiger partial charge in [-0.2, -0.15) is 0 Å². The molecular weight excluding hydrogens is 795 g/mol. The summed E-state index contributed by atoms with van der Waals surface area (Å²) in [6, 6.07) is 83.1. The van der Waals surface area contributed by atoms with Crippen LogP contribution in [-0.4, -0.2) is 0 Å². The number of nitrogens with zero attached hydrogens (tertiary/aromatic N) is 1. The van der Waals surface area contributed by atoms with Gasteiger partial charge in [0.25, 0.3) is 0 Å². The molecule has 298 valence electrons. The highest BCUT2D eigenvalue weighted by molar-refractivity contribution is 7.25. The van der Waals surface area contributed by atoms with Gasteiger partial charge in [0.1, 0.15) is 11.2 Å². The van der Waals surface area contributed by atoms with Crippen molar-refractivity contribution < 1.29 is 4.42 Å². The Hall–Kier alpha value is -7.98. The van der Waals surface area contributed by atoms with E-state index in [4.69, 9.17) is 4.42 Å². The molecule has 2 aromatic heterocycles. The molecular formula is C61H37NOS. The summed E-state index contributed by atoms with van der Waals surface area (Å²) < 4.78 is 8.99. The van der Waals surface area contributed by atoms with Gasteiger partial charge in [-0.15, -0.1) is 11.3 Å². The molecule has 0 fully saturated rings. The molecule has 1 atom stereocenters. The topological polar surface area (TPSA) is 16.4 Å². The van der Waals surface area contributed by atoms with Gasteiger partial charge in [0.2, 0.25) is 0 Å². The molecule has 0 N–H and O–H groups in total. The van der Waals surface area contributed by atoms with E-state index in [0.29, 0.717) is 0 Å². The molecule has 0 radical (unpaired) electrons. The molecule has 2 heterocycles. The van der Waals surface area contributed by atoms with Crippen LogP contribution in [0, 0.1) is 0 Å². The molecule has 1 spiro atoms. The standard InChI is InChI=1S/C61H37NOS/c1-2-14-38(15-3-1)39-26-28-40(29-27-39)62(42-31-33-58-51(35-42)47-20-8-12-24-57(47)63-58)41-30-32-55-49(34-41)44-17-5-4-16-43(44)45-18-6-10-22-53(45)61(55)54-23-11-7-19-46(54)50-36-52-48-21-9-13-25-59(48)64-60(52)37-56(50)61/h1-37H. The summed E-state index contributed by atoms with van der Waals surface area (Å²) in [6.45, 7) is 0. The monoisotopic (exact) mass is 831 g/mol. The van der Waals surface area contributed by atoms with Crippen LogP contribution in [0.25, 0.3) is 86.6 Å². The van der Waals surface area contributed by atoms with Gasteiger partial charge >= 0.3 is 0 Å². The second-order valence-electron chi connectivity index (χ2n) is 17.1. The van der Waals surface area contributed by atoms with Crippen molar-refractivity contribution in [2.45, 2.75) is 5.41 Å². The maximum absolute atomic E-state index is 6.36. The number of fused-ring (bicyclic) bond motifs is 18.